The molecule has 46 heavy (non-hydrogen) atoms. The van der Waals surface area contributed by atoms with Gasteiger partial charge in [0.2, 0.25) is 0 Å². The van der Waals surface area contributed by atoms with Gasteiger partial charge in [0.05, 0.1) is 37.7 Å². The molecule has 0 spiro atoms. The van der Waals surface area contributed by atoms with Crippen LogP contribution >= 0.6 is 6.72 Å². The highest BCUT2D eigenvalue weighted by Gasteiger charge is 2.53. The van der Waals surface area contributed by atoms with Crippen molar-refractivity contribution in [1.29, 1.82) is 0 Å². The summed E-state index contributed by atoms with van der Waals surface area (Å²) >= 11 is 5.30. The number of alkyl halides is 1. The molecule has 23 heteroatoms. The zero-order valence-corrected chi connectivity index (χ0v) is 26.2. The van der Waals surface area contributed by atoms with E-state index in [0.717, 1.165) is 6.33 Å². The molecule has 4 aromatic heterocycles. The highest BCUT2D eigenvalue weighted by molar-refractivity contribution is 8.07. The number of anilines is 1. The van der Waals surface area contributed by atoms with Crippen LogP contribution in [0.15, 0.2) is 23.8 Å². The number of nitrogens with zero attached hydrogens (tertiary/aromatic N) is 7. The molecule has 7 heterocycles. The van der Waals surface area contributed by atoms with Gasteiger partial charge in [0.15, 0.2) is 41.3 Å². The fraction of sp³-hybridized carbons (Fsp3) is 0.565. The number of halogens is 1. The molecule has 0 aliphatic carbocycles. The van der Waals surface area contributed by atoms with Gasteiger partial charge in [0.1, 0.15) is 36.0 Å². The third-order valence-electron chi connectivity index (χ3n) is 8.03. The molecule has 19 nitrogen and oxygen atoms in total. The topological polar surface area (TPSA) is 254 Å². The summed E-state index contributed by atoms with van der Waals surface area (Å²) in [7, 11) is -4.46. The normalized spacial score (nSPS) is 35.0. The van der Waals surface area contributed by atoms with E-state index in [4.69, 9.17) is 40.2 Å². The summed E-state index contributed by atoms with van der Waals surface area (Å²) in [4.78, 5) is 46.7. The number of rotatable bonds is 3. The van der Waals surface area contributed by atoms with Crippen molar-refractivity contribution in [2.45, 2.75) is 56.4 Å². The number of aryl methyl sites for hydroxylation is 1. The summed E-state index contributed by atoms with van der Waals surface area (Å²) in [6.45, 7) is -3.89. The molecule has 0 amide bonds. The predicted octanol–water partition coefficient (Wildman–Crippen LogP) is -0.671. The molecular formula is C23H27FN9O10PS2. The summed E-state index contributed by atoms with van der Waals surface area (Å²) in [5.74, 6) is -1.27. The number of H-pyrrole nitrogens is 1. The first-order valence-electron chi connectivity index (χ1n) is 13.8. The zero-order chi connectivity index (χ0) is 32.5. The van der Waals surface area contributed by atoms with Gasteiger partial charge in [0.25, 0.3) is 15.7 Å². The van der Waals surface area contributed by atoms with Crippen LogP contribution in [0.25, 0.3) is 22.3 Å². The second-order valence-corrected chi connectivity index (χ2v) is 15.4. The van der Waals surface area contributed by atoms with Gasteiger partial charge in [-0.15, -0.1) is 0 Å². The van der Waals surface area contributed by atoms with Gasteiger partial charge in [-0.05, 0) is 25.2 Å². The fourth-order valence-electron chi connectivity index (χ4n) is 5.91. The number of nitrogens with two attached hydrogens (primary N) is 1. The number of ether oxygens (including phenoxy) is 2. The lowest BCUT2D eigenvalue weighted by molar-refractivity contribution is -0.0502. The first-order chi connectivity index (χ1) is 21.9. The van der Waals surface area contributed by atoms with E-state index in [-0.39, 0.29) is 40.4 Å². The molecular weight excluding hydrogens is 676 g/mol. The van der Waals surface area contributed by atoms with Crippen LogP contribution in [0.2, 0.25) is 0 Å². The Morgan fingerprint density at radius 1 is 1.11 bits per heavy atom. The molecule has 2 bridgehead atoms. The minimum atomic E-state index is -4.46. The maximum Gasteiger partial charge on any atom is 0.325 e. The summed E-state index contributed by atoms with van der Waals surface area (Å²) in [5.41, 5.74) is 5.74. The Balaban J connectivity index is 1.22. The van der Waals surface area contributed by atoms with Crippen LogP contribution in [0.5, 0.6) is 0 Å². The summed E-state index contributed by atoms with van der Waals surface area (Å²) < 4.78 is 74.0. The molecule has 3 aliphatic heterocycles. The second-order valence-electron chi connectivity index (χ2n) is 10.9. The van der Waals surface area contributed by atoms with Crippen LogP contribution < -0.4 is 11.3 Å². The number of nitrogen functional groups attached to an aromatic ring is 1. The number of hydrogen-bond donors (Lipinski definition) is 4. The van der Waals surface area contributed by atoms with Crippen molar-refractivity contribution < 1.29 is 45.5 Å². The van der Waals surface area contributed by atoms with E-state index in [1.807, 2.05) is 0 Å². The molecule has 9 atom stereocenters. The van der Waals surface area contributed by atoms with Gasteiger partial charge in [-0.25, -0.2) is 29.3 Å². The number of aromatic amines is 1. The van der Waals surface area contributed by atoms with Gasteiger partial charge < -0.3 is 39.2 Å². The molecule has 4 aromatic rings. The Morgan fingerprint density at radius 2 is 1.83 bits per heavy atom. The van der Waals surface area contributed by atoms with Crippen LogP contribution in [0.1, 0.15) is 24.7 Å². The standard InChI is InChI=1S/C23H27FN9O10PS2/c1-9-30-20-15(21(35)31-9)29-8-33(20)23-16-10(4-34)11(40-23)2-3-46(37,38)43-17-12(5-39-44(36,45)42-16)41-22(13(17)24)32-7-28-14-18(25)26-6-27-19(14)32/h6-8,10-13,16-17,22-23,34H,2-5H2,1H3,(H,36,45)(H2,25,26,27)(H,30,31,35). The van der Waals surface area contributed by atoms with E-state index < -0.39 is 90.3 Å². The minimum Gasteiger partial charge on any atom is -0.396 e. The van der Waals surface area contributed by atoms with Gasteiger partial charge in [-0.2, -0.15) is 8.42 Å². The fourth-order valence-corrected chi connectivity index (χ4v) is 8.54. The lowest BCUT2D eigenvalue weighted by Gasteiger charge is -2.28. The lowest BCUT2D eigenvalue weighted by atomic mass is 9.97. The predicted molar refractivity (Wildman–Crippen MR) is 157 cm³/mol. The maximum absolute atomic E-state index is 16.0. The number of aliphatic hydroxyl groups excluding tert-OH is 1. The van der Waals surface area contributed by atoms with Crippen LogP contribution in [0, 0.1) is 12.8 Å². The van der Waals surface area contributed by atoms with Crippen molar-refractivity contribution in [3.63, 3.8) is 0 Å². The Bertz CT molecular complexity index is 2030. The summed E-state index contributed by atoms with van der Waals surface area (Å²) in [5, 5.41) is 10.4. The molecule has 7 rings (SSSR count). The molecule has 248 valence electrons. The van der Waals surface area contributed by atoms with E-state index in [0.29, 0.717) is 0 Å². The number of hydrogen-bond acceptors (Lipinski definition) is 16. The molecule has 3 saturated heterocycles. The van der Waals surface area contributed by atoms with E-state index >= 15 is 4.39 Å². The number of aliphatic hydroxyl groups is 1. The highest BCUT2D eigenvalue weighted by Crippen LogP contribution is 2.52. The number of aromatic nitrogens is 8. The summed E-state index contributed by atoms with van der Waals surface area (Å²) in [6.07, 6.45) is -6.69. The van der Waals surface area contributed by atoms with Crippen molar-refractivity contribution in [2.75, 3.05) is 24.7 Å². The van der Waals surface area contributed by atoms with Crippen LogP contribution in [-0.2, 0) is 44.6 Å². The molecule has 0 aromatic carbocycles. The van der Waals surface area contributed by atoms with E-state index in [9.17, 15) is 23.2 Å². The SMILES string of the molecule is Cc1nc2c(ncn2C2OC3CCS(=O)(=O)OC4C(COP(O)(=S)OC2C3CO)OC(n2cnc3c(N)ncnc32)C4F)c(=O)[nH]1. The van der Waals surface area contributed by atoms with Gasteiger partial charge in [-0.1, -0.05) is 0 Å². The van der Waals surface area contributed by atoms with Crippen molar-refractivity contribution in [3.8, 4) is 0 Å². The van der Waals surface area contributed by atoms with Crippen LogP contribution in [-0.4, -0.2) is 107 Å². The average molecular weight is 704 g/mol. The number of fused-ring (bicyclic) bond motifs is 5. The smallest absolute Gasteiger partial charge is 0.325 e. The number of imidazole rings is 2. The minimum absolute atomic E-state index is 0.0124. The van der Waals surface area contributed by atoms with E-state index in [1.54, 1.807) is 6.92 Å². The van der Waals surface area contributed by atoms with E-state index in [2.05, 4.69) is 29.9 Å². The van der Waals surface area contributed by atoms with Gasteiger partial charge >= 0.3 is 6.72 Å². The first-order valence-corrected chi connectivity index (χ1v) is 18.0. The third-order valence-corrected chi connectivity index (χ3v) is 10.8. The Labute approximate surface area is 263 Å². The average Bonchev–Trinajstić information content (AvgIpc) is 3.75. The van der Waals surface area contributed by atoms with Crippen molar-refractivity contribution in [1.82, 2.24) is 39.0 Å². The Hall–Kier alpha value is -3.05. The van der Waals surface area contributed by atoms with Crippen molar-refractivity contribution >= 4 is 56.8 Å². The number of nitrogens with one attached hydrogen (secondary N) is 1. The first kappa shape index (κ1) is 31.5. The molecule has 3 fully saturated rings. The lowest BCUT2D eigenvalue weighted by Crippen LogP contribution is -2.37. The van der Waals surface area contributed by atoms with Gasteiger partial charge in [-0.3, -0.25) is 18.1 Å². The molecule has 5 N–H and O–H groups in total. The maximum atomic E-state index is 16.0. The van der Waals surface area contributed by atoms with Crippen LogP contribution in [0.4, 0.5) is 10.2 Å². The second kappa shape index (κ2) is 11.6. The summed E-state index contributed by atoms with van der Waals surface area (Å²) in [6, 6.07) is 0. The Morgan fingerprint density at radius 3 is 2.59 bits per heavy atom. The van der Waals surface area contributed by atoms with Gasteiger partial charge in [0, 0.05) is 5.92 Å². The largest absolute Gasteiger partial charge is 0.396 e. The van der Waals surface area contributed by atoms with Crippen molar-refractivity contribution in [3.05, 3.63) is 35.2 Å². The highest BCUT2D eigenvalue weighted by atomic mass is 32.5. The third kappa shape index (κ3) is 5.51. The quantitative estimate of drug-likeness (QED) is 0.152. The van der Waals surface area contributed by atoms with Crippen molar-refractivity contribution in [2.24, 2.45) is 5.92 Å². The van der Waals surface area contributed by atoms with E-state index in [1.165, 1.54) is 21.8 Å². The van der Waals surface area contributed by atoms with Crippen LogP contribution in [0.3, 0.4) is 0 Å². The molecule has 0 saturated carbocycles. The molecule has 0 radical (unpaired) electrons. The monoisotopic (exact) mass is 703 g/mol. The molecule has 3 aliphatic rings. The molecule has 9 unspecified atom stereocenters. The zero-order valence-electron chi connectivity index (χ0n) is 23.7. The Kier molecular flexibility index (Phi) is 7.94.